The maximum atomic E-state index is 12.3. The molecule has 0 saturated carbocycles. The van der Waals surface area contributed by atoms with Crippen LogP contribution in [0.4, 0.5) is 0 Å². The summed E-state index contributed by atoms with van der Waals surface area (Å²) in [5.74, 6) is 0.663. The molecule has 1 aromatic rings. The predicted molar refractivity (Wildman–Crippen MR) is 63.4 cm³/mol. The number of hydrogen-bond acceptors (Lipinski definition) is 3. The highest BCUT2D eigenvalue weighted by Crippen LogP contribution is 2.19. The van der Waals surface area contributed by atoms with Gasteiger partial charge in [0.05, 0.1) is 38.2 Å². The minimum absolute atomic E-state index is 0.334. The molecule has 6 heteroatoms. The third kappa shape index (κ3) is 2.59. The molecule has 0 spiro atoms. The van der Waals surface area contributed by atoms with Gasteiger partial charge in [0.2, 0.25) is 10.0 Å². The Morgan fingerprint density at radius 3 is 2.29 bits per heavy atom. The normalized spacial score (nSPS) is 17.9. The van der Waals surface area contributed by atoms with Gasteiger partial charge in [-0.15, -0.1) is 0 Å². The van der Waals surface area contributed by atoms with Gasteiger partial charge in [0.1, 0.15) is 5.75 Å². The molecule has 2 N–H and O–H groups in total. The molecule has 1 fully saturated rings. The van der Waals surface area contributed by atoms with Crippen LogP contribution in [0, 0.1) is 0 Å². The van der Waals surface area contributed by atoms with Crippen LogP contribution in [0.5, 0.6) is 5.75 Å². The summed E-state index contributed by atoms with van der Waals surface area (Å²) >= 11 is 0. The number of ether oxygens (including phenoxy) is 1. The topological polar surface area (TPSA) is 63.2 Å². The van der Waals surface area contributed by atoms with Crippen molar-refractivity contribution in [2.45, 2.75) is 4.90 Å². The van der Waals surface area contributed by atoms with Gasteiger partial charge in [-0.05, 0) is 24.3 Å². The average Bonchev–Trinajstić information content (AvgIpc) is 2.40. The van der Waals surface area contributed by atoms with Crippen LogP contribution in [0.15, 0.2) is 29.2 Å². The Morgan fingerprint density at radius 2 is 1.76 bits per heavy atom. The maximum absolute atomic E-state index is 12.3. The summed E-state index contributed by atoms with van der Waals surface area (Å²) in [7, 11) is -1.77. The van der Waals surface area contributed by atoms with Crippen molar-refractivity contribution in [1.82, 2.24) is 4.31 Å². The molecular formula is C11H17N2O3S+. The SMILES string of the molecule is COc1ccc(S(=O)(=O)N2CC[NH2+]CC2)cc1. The van der Waals surface area contributed by atoms with E-state index in [0.29, 0.717) is 23.7 Å². The summed E-state index contributed by atoms with van der Waals surface area (Å²) in [5.41, 5.74) is 0. The summed E-state index contributed by atoms with van der Waals surface area (Å²) in [6.07, 6.45) is 0. The largest absolute Gasteiger partial charge is 0.497 e. The van der Waals surface area contributed by atoms with Gasteiger partial charge in [-0.25, -0.2) is 8.42 Å². The van der Waals surface area contributed by atoms with Gasteiger partial charge in [0.15, 0.2) is 0 Å². The number of benzene rings is 1. The first-order chi connectivity index (χ1) is 8.14. The zero-order valence-corrected chi connectivity index (χ0v) is 10.6. The van der Waals surface area contributed by atoms with Gasteiger partial charge in [0, 0.05) is 0 Å². The van der Waals surface area contributed by atoms with Crippen molar-refractivity contribution in [3.8, 4) is 5.75 Å². The lowest BCUT2D eigenvalue weighted by molar-refractivity contribution is -0.661. The smallest absolute Gasteiger partial charge is 0.243 e. The Morgan fingerprint density at radius 1 is 1.18 bits per heavy atom. The first-order valence-electron chi connectivity index (χ1n) is 5.60. The van der Waals surface area contributed by atoms with Crippen LogP contribution in [-0.2, 0) is 10.0 Å². The molecular weight excluding hydrogens is 240 g/mol. The van der Waals surface area contributed by atoms with E-state index in [-0.39, 0.29) is 0 Å². The highest BCUT2D eigenvalue weighted by Gasteiger charge is 2.26. The van der Waals surface area contributed by atoms with Crippen molar-refractivity contribution < 1.29 is 18.5 Å². The molecule has 0 bridgehead atoms. The molecule has 2 rings (SSSR count). The van der Waals surface area contributed by atoms with E-state index in [4.69, 9.17) is 4.74 Å². The Bertz CT molecular complexity index is 464. The van der Waals surface area contributed by atoms with E-state index in [1.165, 1.54) is 4.31 Å². The number of quaternary nitrogens is 1. The summed E-state index contributed by atoms with van der Waals surface area (Å²) in [6.45, 7) is 2.81. The first-order valence-corrected chi connectivity index (χ1v) is 7.04. The van der Waals surface area contributed by atoms with Crippen LogP contribution >= 0.6 is 0 Å². The van der Waals surface area contributed by atoms with E-state index in [1.54, 1.807) is 31.4 Å². The zero-order valence-electron chi connectivity index (χ0n) is 9.80. The lowest BCUT2D eigenvalue weighted by atomic mass is 10.3. The second-order valence-electron chi connectivity index (χ2n) is 3.95. The maximum Gasteiger partial charge on any atom is 0.243 e. The second kappa shape index (κ2) is 5.03. The van der Waals surface area contributed by atoms with Crippen molar-refractivity contribution in [2.24, 2.45) is 0 Å². The van der Waals surface area contributed by atoms with Gasteiger partial charge >= 0.3 is 0 Å². The molecule has 0 aliphatic carbocycles. The molecule has 0 aromatic heterocycles. The highest BCUT2D eigenvalue weighted by atomic mass is 32.2. The third-order valence-electron chi connectivity index (χ3n) is 2.86. The minimum atomic E-state index is -3.33. The fraction of sp³-hybridized carbons (Fsp3) is 0.455. The Hall–Kier alpha value is -1.11. The Kier molecular flexibility index (Phi) is 3.66. The molecule has 0 atom stereocenters. The van der Waals surface area contributed by atoms with Crippen LogP contribution in [0.3, 0.4) is 0 Å². The summed E-state index contributed by atoms with van der Waals surface area (Å²) in [5, 5.41) is 2.13. The molecule has 0 amide bonds. The van der Waals surface area contributed by atoms with Crippen LogP contribution < -0.4 is 10.1 Å². The van der Waals surface area contributed by atoms with Crippen molar-refractivity contribution in [3.05, 3.63) is 24.3 Å². The van der Waals surface area contributed by atoms with Crippen LogP contribution in [-0.4, -0.2) is 46.0 Å². The lowest BCUT2D eigenvalue weighted by Gasteiger charge is -2.24. The van der Waals surface area contributed by atoms with Gasteiger partial charge in [-0.3, -0.25) is 0 Å². The van der Waals surface area contributed by atoms with Crippen molar-refractivity contribution in [2.75, 3.05) is 33.3 Å². The van der Waals surface area contributed by atoms with E-state index >= 15 is 0 Å². The molecule has 0 radical (unpaired) electrons. The quantitative estimate of drug-likeness (QED) is 0.776. The van der Waals surface area contributed by atoms with Crippen molar-refractivity contribution >= 4 is 10.0 Å². The fourth-order valence-corrected chi connectivity index (χ4v) is 3.33. The number of nitrogens with two attached hydrogens (primary N) is 1. The number of piperazine rings is 1. The number of rotatable bonds is 3. The number of methoxy groups -OCH3 is 1. The molecule has 0 unspecified atom stereocenters. The summed E-state index contributed by atoms with van der Waals surface area (Å²) in [4.78, 5) is 0.334. The Labute approximate surface area is 101 Å². The molecule has 17 heavy (non-hydrogen) atoms. The monoisotopic (exact) mass is 257 g/mol. The molecule has 1 heterocycles. The number of sulfonamides is 1. The number of nitrogens with zero attached hydrogens (tertiary/aromatic N) is 1. The average molecular weight is 257 g/mol. The fourth-order valence-electron chi connectivity index (χ4n) is 1.86. The number of hydrogen-bond donors (Lipinski definition) is 1. The third-order valence-corrected chi connectivity index (χ3v) is 4.78. The standard InChI is InChI=1S/C11H16N2O3S/c1-16-10-2-4-11(5-3-10)17(14,15)13-8-6-12-7-9-13/h2-5,12H,6-9H2,1H3/p+1. The van der Waals surface area contributed by atoms with Crippen LogP contribution in [0.1, 0.15) is 0 Å². The molecule has 1 aliphatic rings. The Balaban J connectivity index is 2.23. The van der Waals surface area contributed by atoms with Crippen LogP contribution in [0.25, 0.3) is 0 Å². The lowest BCUT2D eigenvalue weighted by Crippen LogP contribution is -2.89. The van der Waals surface area contributed by atoms with E-state index < -0.39 is 10.0 Å². The molecule has 1 saturated heterocycles. The van der Waals surface area contributed by atoms with E-state index in [1.807, 2.05) is 0 Å². The van der Waals surface area contributed by atoms with Gasteiger partial charge < -0.3 is 10.1 Å². The van der Waals surface area contributed by atoms with Crippen LogP contribution in [0.2, 0.25) is 0 Å². The molecule has 1 aliphatic heterocycles. The van der Waals surface area contributed by atoms with Gasteiger partial charge in [-0.1, -0.05) is 0 Å². The predicted octanol–water partition coefficient (Wildman–Crippen LogP) is -0.737. The first kappa shape index (κ1) is 12.3. The highest BCUT2D eigenvalue weighted by molar-refractivity contribution is 7.89. The van der Waals surface area contributed by atoms with E-state index in [9.17, 15) is 8.42 Å². The van der Waals surface area contributed by atoms with E-state index in [2.05, 4.69) is 5.32 Å². The minimum Gasteiger partial charge on any atom is -0.497 e. The van der Waals surface area contributed by atoms with Crippen molar-refractivity contribution in [3.63, 3.8) is 0 Å². The summed E-state index contributed by atoms with van der Waals surface area (Å²) < 4.78 is 31.1. The van der Waals surface area contributed by atoms with E-state index in [0.717, 1.165) is 13.1 Å². The zero-order chi connectivity index (χ0) is 12.3. The summed E-state index contributed by atoms with van der Waals surface area (Å²) in [6, 6.07) is 6.52. The van der Waals surface area contributed by atoms with Crippen molar-refractivity contribution in [1.29, 1.82) is 0 Å². The van der Waals surface area contributed by atoms with Gasteiger partial charge in [-0.2, -0.15) is 4.31 Å². The molecule has 94 valence electrons. The second-order valence-corrected chi connectivity index (χ2v) is 5.88. The molecule has 1 aromatic carbocycles. The molecule has 5 nitrogen and oxygen atoms in total. The van der Waals surface area contributed by atoms with Gasteiger partial charge in [0.25, 0.3) is 0 Å².